The van der Waals surface area contributed by atoms with E-state index in [2.05, 4.69) is 0 Å². The predicted molar refractivity (Wildman–Crippen MR) is 134 cm³/mol. The van der Waals surface area contributed by atoms with E-state index in [0.29, 0.717) is 0 Å². The van der Waals surface area contributed by atoms with Crippen molar-refractivity contribution < 1.29 is 35.9 Å². The van der Waals surface area contributed by atoms with Crippen LogP contribution in [0, 0.1) is 5.82 Å². The lowest BCUT2D eigenvalue weighted by Crippen LogP contribution is -2.40. The summed E-state index contributed by atoms with van der Waals surface area (Å²) in [6.07, 6.45) is 0.0816. The lowest BCUT2D eigenvalue weighted by molar-refractivity contribution is -0.141. The molecule has 9 nitrogen and oxygen atoms in total. The molecule has 2 fully saturated rings. The number of benzene rings is 2. The summed E-state index contributed by atoms with van der Waals surface area (Å²) < 4.78 is 66.0. The van der Waals surface area contributed by atoms with Crippen molar-refractivity contribution in [1.29, 1.82) is 0 Å². The molecule has 0 aliphatic carbocycles. The Balaban J connectivity index is 1.83. The first kappa shape index (κ1) is 27.0. The first-order valence-electron chi connectivity index (χ1n) is 11.8. The molecule has 2 aliphatic rings. The first-order valence-corrected chi connectivity index (χ1v) is 15.0. The highest BCUT2D eigenvalue weighted by molar-refractivity contribution is 7.91. The molecule has 2 unspecified atom stereocenters. The summed E-state index contributed by atoms with van der Waals surface area (Å²) in [6, 6.07) is 8.41. The van der Waals surface area contributed by atoms with Gasteiger partial charge in [0.15, 0.2) is 9.84 Å². The van der Waals surface area contributed by atoms with Crippen molar-refractivity contribution in [3.63, 3.8) is 0 Å². The van der Waals surface area contributed by atoms with Gasteiger partial charge < -0.3 is 10.0 Å². The normalized spacial score (nSPS) is 23.2. The molecular weight excluding hydrogens is 523 g/mol. The number of sulfone groups is 1. The second kappa shape index (κ2) is 9.99. The highest BCUT2D eigenvalue weighted by atomic mass is 32.2. The van der Waals surface area contributed by atoms with E-state index in [1.807, 2.05) is 0 Å². The second-order valence-corrected chi connectivity index (χ2v) is 13.1. The topological polar surface area (TPSA) is 129 Å². The molecule has 4 rings (SSSR count). The maximum atomic E-state index is 14.9. The quantitative estimate of drug-likeness (QED) is 0.319. The van der Waals surface area contributed by atoms with Gasteiger partial charge in [-0.25, -0.2) is 21.2 Å². The molecule has 2 aromatic rings. The molecular formula is C25H27FN2O7S2. The van der Waals surface area contributed by atoms with Gasteiger partial charge in [-0.2, -0.15) is 4.31 Å². The van der Waals surface area contributed by atoms with E-state index in [1.165, 1.54) is 46.8 Å². The number of hydrogen-bond acceptors (Lipinski definition) is 7. The molecule has 2 atom stereocenters. The lowest BCUT2D eigenvalue weighted by Gasteiger charge is -2.30. The zero-order chi connectivity index (χ0) is 27.1. The van der Waals surface area contributed by atoms with Crippen molar-refractivity contribution in [3.05, 3.63) is 71.0 Å². The standard InChI is InChI=1S/C25H27FN2O7S2/c1-3-27(4-2)37(34,35)18-11-9-16(10-12-18)23(29)21-22(19-7-5-6-8-20(19)26)28(25(31)24(21)30)17-13-14-36(32,33)15-17/h5-12,17,22,29H,3-4,13-15H2,1-2H3/b23-21-. The number of ketones is 1. The SMILES string of the molecule is CCN(CC)S(=O)(=O)c1ccc(/C(O)=C2/C(=O)C(=O)N(C3CCS(=O)(=O)C3)C2c2ccccc2F)cc1. The number of aliphatic hydroxyl groups is 1. The molecule has 0 aromatic heterocycles. The van der Waals surface area contributed by atoms with Gasteiger partial charge in [0.25, 0.3) is 11.7 Å². The van der Waals surface area contributed by atoms with Crippen LogP contribution in [0.4, 0.5) is 4.39 Å². The number of nitrogens with zero attached hydrogens (tertiary/aromatic N) is 2. The van der Waals surface area contributed by atoms with Crippen molar-refractivity contribution in [2.75, 3.05) is 24.6 Å². The smallest absolute Gasteiger partial charge is 0.295 e. The van der Waals surface area contributed by atoms with Crippen LogP contribution >= 0.6 is 0 Å². The van der Waals surface area contributed by atoms with Gasteiger partial charge in [0.05, 0.1) is 28.0 Å². The van der Waals surface area contributed by atoms with Gasteiger partial charge in [0.2, 0.25) is 10.0 Å². The molecule has 1 amide bonds. The first-order chi connectivity index (χ1) is 17.4. The number of hydrogen-bond donors (Lipinski definition) is 1. The third-order valence-electron chi connectivity index (χ3n) is 6.75. The number of sulfonamides is 1. The molecule has 0 spiro atoms. The number of rotatable bonds is 7. The van der Waals surface area contributed by atoms with Gasteiger partial charge in [-0.05, 0) is 36.8 Å². The fourth-order valence-electron chi connectivity index (χ4n) is 4.88. The molecule has 2 heterocycles. The van der Waals surface area contributed by atoms with Gasteiger partial charge in [-0.15, -0.1) is 0 Å². The van der Waals surface area contributed by atoms with Crippen molar-refractivity contribution in [3.8, 4) is 0 Å². The molecule has 2 aromatic carbocycles. The summed E-state index contributed by atoms with van der Waals surface area (Å²) in [4.78, 5) is 27.3. The van der Waals surface area contributed by atoms with Gasteiger partial charge in [-0.3, -0.25) is 9.59 Å². The van der Waals surface area contributed by atoms with Crippen molar-refractivity contribution in [2.24, 2.45) is 0 Å². The average molecular weight is 551 g/mol. The third kappa shape index (κ3) is 4.80. The summed E-state index contributed by atoms with van der Waals surface area (Å²) >= 11 is 0. The van der Waals surface area contributed by atoms with Crippen molar-refractivity contribution in [2.45, 2.75) is 37.2 Å². The Labute approximate surface area is 215 Å². The van der Waals surface area contributed by atoms with Crippen molar-refractivity contribution >= 4 is 37.3 Å². The summed E-state index contributed by atoms with van der Waals surface area (Å²) in [5.41, 5.74) is -0.399. The van der Waals surface area contributed by atoms with Crippen molar-refractivity contribution in [1.82, 2.24) is 9.21 Å². The summed E-state index contributed by atoms with van der Waals surface area (Å²) in [5, 5.41) is 11.2. The monoisotopic (exact) mass is 550 g/mol. The highest BCUT2D eigenvalue weighted by Crippen LogP contribution is 2.43. The van der Waals surface area contributed by atoms with E-state index in [9.17, 15) is 35.9 Å². The minimum Gasteiger partial charge on any atom is -0.507 e. The van der Waals surface area contributed by atoms with Crippen LogP contribution in [0.25, 0.3) is 5.76 Å². The highest BCUT2D eigenvalue weighted by Gasteiger charge is 2.51. The fraction of sp³-hybridized carbons (Fsp3) is 0.360. The molecule has 0 bridgehead atoms. The Morgan fingerprint density at radius 1 is 1.08 bits per heavy atom. The van der Waals surface area contributed by atoms with E-state index >= 15 is 0 Å². The van der Waals surface area contributed by atoms with Gasteiger partial charge in [-0.1, -0.05) is 32.0 Å². The van der Waals surface area contributed by atoms with Gasteiger partial charge >= 0.3 is 0 Å². The van der Waals surface area contributed by atoms with Crippen LogP contribution in [0.5, 0.6) is 0 Å². The minimum absolute atomic E-state index is 0.0185. The van der Waals surface area contributed by atoms with E-state index < -0.39 is 60.8 Å². The van der Waals surface area contributed by atoms with E-state index in [-0.39, 0.29) is 47.0 Å². The molecule has 12 heteroatoms. The number of amides is 1. The second-order valence-electron chi connectivity index (χ2n) is 8.90. The third-order valence-corrected chi connectivity index (χ3v) is 10.6. The van der Waals surface area contributed by atoms with Gasteiger partial charge in [0, 0.05) is 30.3 Å². The zero-order valence-electron chi connectivity index (χ0n) is 20.3. The molecule has 198 valence electrons. The van der Waals surface area contributed by atoms with Crippen LogP contribution < -0.4 is 0 Å². The van der Waals surface area contributed by atoms with Crippen LogP contribution in [0.2, 0.25) is 0 Å². The fourth-order valence-corrected chi connectivity index (χ4v) is 8.05. The number of carbonyl (C=O) groups is 2. The van der Waals surface area contributed by atoms with Crippen LogP contribution in [-0.2, 0) is 29.4 Å². The Morgan fingerprint density at radius 3 is 2.24 bits per heavy atom. The van der Waals surface area contributed by atoms with Crippen LogP contribution in [0.15, 0.2) is 59.0 Å². The molecule has 0 saturated carbocycles. The summed E-state index contributed by atoms with van der Waals surface area (Å²) in [6.45, 7) is 3.95. The van der Waals surface area contributed by atoms with E-state index in [4.69, 9.17) is 0 Å². The predicted octanol–water partition coefficient (Wildman–Crippen LogP) is 2.47. The zero-order valence-corrected chi connectivity index (χ0v) is 21.9. The number of aliphatic hydroxyl groups excluding tert-OH is 1. The maximum absolute atomic E-state index is 14.9. The number of halogens is 1. The summed E-state index contributed by atoms with van der Waals surface area (Å²) in [7, 11) is -7.22. The molecule has 37 heavy (non-hydrogen) atoms. The lowest BCUT2D eigenvalue weighted by atomic mass is 9.94. The molecule has 1 N–H and O–H groups in total. The molecule has 2 aliphatic heterocycles. The van der Waals surface area contributed by atoms with E-state index in [1.54, 1.807) is 13.8 Å². The maximum Gasteiger partial charge on any atom is 0.295 e. The van der Waals surface area contributed by atoms with E-state index in [0.717, 1.165) is 11.0 Å². The minimum atomic E-state index is -3.77. The molecule has 2 saturated heterocycles. The van der Waals surface area contributed by atoms with Gasteiger partial charge in [0.1, 0.15) is 11.6 Å². The number of Topliss-reactive ketones (excluding diaryl/α,β-unsaturated/α-hetero) is 1. The van der Waals surface area contributed by atoms with Crippen LogP contribution in [-0.4, -0.2) is 73.5 Å². The Bertz CT molecular complexity index is 1480. The Kier molecular flexibility index (Phi) is 7.28. The van der Waals surface area contributed by atoms with Crippen LogP contribution in [0.3, 0.4) is 0 Å². The average Bonchev–Trinajstić information content (AvgIpc) is 3.35. The Morgan fingerprint density at radius 2 is 1.70 bits per heavy atom. The Hall–Kier alpha value is -3.09. The van der Waals surface area contributed by atoms with Crippen LogP contribution in [0.1, 0.15) is 37.4 Å². The molecule has 0 radical (unpaired) electrons. The number of carbonyl (C=O) groups excluding carboxylic acids is 2. The summed E-state index contributed by atoms with van der Waals surface area (Å²) in [5.74, 6) is -3.99. The largest absolute Gasteiger partial charge is 0.507 e. The number of likely N-dealkylation sites (tertiary alicyclic amines) is 1.